The first kappa shape index (κ1) is 12.6. The fourth-order valence-corrected chi connectivity index (χ4v) is 2.82. The Morgan fingerprint density at radius 2 is 2.41 bits per heavy atom. The molecule has 0 amide bonds. The Morgan fingerprint density at radius 3 is 3.18 bits per heavy atom. The topological polar surface area (TPSA) is 29.9 Å². The van der Waals surface area contributed by atoms with Crippen LogP contribution in [0.4, 0.5) is 0 Å². The third kappa shape index (κ3) is 2.89. The smallest absolute Gasteiger partial charge is 0.0540 e. The average molecular weight is 235 g/mol. The van der Waals surface area contributed by atoms with Crippen molar-refractivity contribution in [1.29, 1.82) is 0 Å². The first-order valence-corrected chi connectivity index (χ1v) is 6.99. The van der Waals surface area contributed by atoms with Gasteiger partial charge in [-0.1, -0.05) is 19.8 Å². The highest BCUT2D eigenvalue weighted by Crippen LogP contribution is 2.29. The summed E-state index contributed by atoms with van der Waals surface area (Å²) >= 11 is 0. The van der Waals surface area contributed by atoms with E-state index in [0.29, 0.717) is 12.1 Å². The Bertz CT molecular complexity index is 356. The van der Waals surface area contributed by atoms with Gasteiger partial charge in [-0.3, -0.25) is 4.68 Å². The van der Waals surface area contributed by atoms with Crippen molar-refractivity contribution in [1.82, 2.24) is 15.1 Å². The molecule has 0 aromatic carbocycles. The maximum absolute atomic E-state index is 4.39. The normalized spacial score (nSPS) is 21.2. The lowest BCUT2D eigenvalue weighted by molar-refractivity contribution is 0.386. The van der Waals surface area contributed by atoms with Gasteiger partial charge in [0.2, 0.25) is 0 Å². The summed E-state index contributed by atoms with van der Waals surface area (Å²) in [6, 6.07) is 1.14. The van der Waals surface area contributed by atoms with Crippen molar-refractivity contribution in [3.8, 4) is 0 Å². The second-order valence-electron chi connectivity index (χ2n) is 5.32. The summed E-state index contributed by atoms with van der Waals surface area (Å²) in [6.45, 7) is 4.56. The molecule has 0 radical (unpaired) electrons. The fraction of sp³-hybridized carbons (Fsp3) is 0.786. The van der Waals surface area contributed by atoms with Crippen molar-refractivity contribution in [2.24, 2.45) is 7.05 Å². The van der Waals surface area contributed by atoms with Gasteiger partial charge in [-0.15, -0.1) is 0 Å². The molecular formula is C14H25N3. The standard InChI is InChI=1S/C14H25N3/c1-4-5-7-11(2)16-13-8-6-9-14-12(13)10-15-17(14)3/h10-11,13,16H,4-9H2,1-3H3. The fourth-order valence-electron chi connectivity index (χ4n) is 2.82. The Morgan fingerprint density at radius 1 is 1.59 bits per heavy atom. The van der Waals surface area contributed by atoms with E-state index in [-0.39, 0.29) is 0 Å². The molecule has 0 saturated heterocycles. The number of rotatable bonds is 5. The molecule has 0 bridgehead atoms. The third-order valence-corrected chi connectivity index (χ3v) is 3.85. The van der Waals surface area contributed by atoms with Gasteiger partial charge in [-0.05, 0) is 32.6 Å². The maximum Gasteiger partial charge on any atom is 0.0540 e. The summed E-state index contributed by atoms with van der Waals surface area (Å²) in [5.74, 6) is 0. The molecule has 2 atom stereocenters. The second kappa shape index (κ2) is 5.67. The van der Waals surface area contributed by atoms with Gasteiger partial charge in [-0.2, -0.15) is 5.10 Å². The highest BCUT2D eigenvalue weighted by atomic mass is 15.3. The largest absolute Gasteiger partial charge is 0.307 e. The van der Waals surface area contributed by atoms with Crippen molar-refractivity contribution in [3.63, 3.8) is 0 Å². The van der Waals surface area contributed by atoms with Crippen LogP contribution in [0.3, 0.4) is 0 Å². The van der Waals surface area contributed by atoms with Crippen LogP contribution in [0.15, 0.2) is 6.20 Å². The molecule has 0 aliphatic heterocycles. The monoisotopic (exact) mass is 235 g/mol. The number of hydrogen-bond acceptors (Lipinski definition) is 2. The molecule has 96 valence electrons. The molecule has 0 saturated carbocycles. The van der Waals surface area contributed by atoms with Crippen LogP contribution in [0, 0.1) is 0 Å². The van der Waals surface area contributed by atoms with Crippen molar-refractivity contribution in [3.05, 3.63) is 17.5 Å². The summed E-state index contributed by atoms with van der Waals surface area (Å²) in [4.78, 5) is 0. The summed E-state index contributed by atoms with van der Waals surface area (Å²) in [6.07, 6.45) is 9.67. The number of nitrogens with zero attached hydrogens (tertiary/aromatic N) is 2. The first-order chi connectivity index (χ1) is 8.22. The Kier molecular flexibility index (Phi) is 4.21. The van der Waals surface area contributed by atoms with Gasteiger partial charge in [0.05, 0.1) is 6.20 Å². The van der Waals surface area contributed by atoms with E-state index in [9.17, 15) is 0 Å². The number of aromatic nitrogens is 2. The van der Waals surface area contributed by atoms with E-state index in [2.05, 4.69) is 37.5 Å². The molecule has 2 rings (SSSR count). The molecule has 2 unspecified atom stereocenters. The van der Waals surface area contributed by atoms with E-state index >= 15 is 0 Å². The van der Waals surface area contributed by atoms with E-state index in [1.165, 1.54) is 49.8 Å². The van der Waals surface area contributed by atoms with E-state index in [1.54, 1.807) is 0 Å². The molecule has 0 spiro atoms. The zero-order chi connectivity index (χ0) is 12.3. The van der Waals surface area contributed by atoms with Crippen molar-refractivity contribution >= 4 is 0 Å². The van der Waals surface area contributed by atoms with E-state index in [0.717, 1.165) is 0 Å². The minimum Gasteiger partial charge on any atom is -0.307 e. The Labute approximate surface area is 105 Å². The summed E-state index contributed by atoms with van der Waals surface area (Å²) in [5.41, 5.74) is 2.86. The van der Waals surface area contributed by atoms with Gasteiger partial charge in [0, 0.05) is 30.4 Å². The number of unbranched alkanes of at least 4 members (excludes halogenated alkanes) is 1. The second-order valence-corrected chi connectivity index (χ2v) is 5.32. The van der Waals surface area contributed by atoms with Crippen LogP contribution < -0.4 is 5.32 Å². The highest BCUT2D eigenvalue weighted by Gasteiger charge is 2.23. The van der Waals surface area contributed by atoms with Crippen molar-refractivity contribution < 1.29 is 0 Å². The average Bonchev–Trinajstić information content (AvgIpc) is 2.70. The van der Waals surface area contributed by atoms with Gasteiger partial charge in [0.1, 0.15) is 0 Å². The summed E-state index contributed by atoms with van der Waals surface area (Å²) in [5, 5.41) is 8.16. The number of nitrogens with one attached hydrogen (secondary N) is 1. The lowest BCUT2D eigenvalue weighted by atomic mass is 9.92. The predicted octanol–water partition coefficient (Wildman–Crippen LogP) is 2.97. The minimum atomic E-state index is 0.527. The molecular weight excluding hydrogens is 210 g/mol. The van der Waals surface area contributed by atoms with Crippen LogP contribution in [0.5, 0.6) is 0 Å². The van der Waals surface area contributed by atoms with E-state index < -0.39 is 0 Å². The molecule has 1 aliphatic carbocycles. The molecule has 1 aromatic heterocycles. The van der Waals surface area contributed by atoms with Crippen LogP contribution in [0.25, 0.3) is 0 Å². The van der Waals surface area contributed by atoms with Gasteiger partial charge in [0.15, 0.2) is 0 Å². The SMILES string of the molecule is CCCCC(C)NC1CCCc2c1cnn2C. The summed E-state index contributed by atoms with van der Waals surface area (Å²) < 4.78 is 2.04. The number of aryl methyl sites for hydroxylation is 1. The summed E-state index contributed by atoms with van der Waals surface area (Å²) in [7, 11) is 2.06. The number of fused-ring (bicyclic) bond motifs is 1. The van der Waals surface area contributed by atoms with Crippen molar-refractivity contribution in [2.75, 3.05) is 0 Å². The predicted molar refractivity (Wildman–Crippen MR) is 71.0 cm³/mol. The minimum absolute atomic E-state index is 0.527. The third-order valence-electron chi connectivity index (χ3n) is 3.85. The first-order valence-electron chi connectivity index (χ1n) is 6.99. The molecule has 3 heteroatoms. The maximum atomic E-state index is 4.39. The van der Waals surface area contributed by atoms with Crippen LogP contribution in [0.1, 0.15) is 63.3 Å². The molecule has 1 heterocycles. The molecule has 1 aromatic rings. The molecule has 0 fully saturated rings. The van der Waals surface area contributed by atoms with Gasteiger partial charge in [0.25, 0.3) is 0 Å². The Balaban J connectivity index is 1.98. The van der Waals surface area contributed by atoms with Crippen LogP contribution >= 0.6 is 0 Å². The zero-order valence-electron chi connectivity index (χ0n) is 11.4. The molecule has 17 heavy (non-hydrogen) atoms. The Hall–Kier alpha value is -0.830. The quantitative estimate of drug-likeness (QED) is 0.850. The van der Waals surface area contributed by atoms with E-state index in [1.807, 2.05) is 4.68 Å². The zero-order valence-corrected chi connectivity index (χ0v) is 11.4. The highest BCUT2D eigenvalue weighted by molar-refractivity contribution is 5.24. The molecule has 1 N–H and O–H groups in total. The van der Waals surface area contributed by atoms with Gasteiger partial charge in [-0.25, -0.2) is 0 Å². The lowest BCUT2D eigenvalue weighted by Gasteiger charge is -2.27. The van der Waals surface area contributed by atoms with Crippen molar-refractivity contribution in [2.45, 2.75) is 64.5 Å². The van der Waals surface area contributed by atoms with Crippen LogP contribution in [0.2, 0.25) is 0 Å². The van der Waals surface area contributed by atoms with Crippen LogP contribution in [-0.2, 0) is 13.5 Å². The van der Waals surface area contributed by atoms with E-state index in [4.69, 9.17) is 0 Å². The van der Waals surface area contributed by atoms with Gasteiger partial charge >= 0.3 is 0 Å². The molecule has 3 nitrogen and oxygen atoms in total. The molecule has 1 aliphatic rings. The lowest BCUT2D eigenvalue weighted by Crippen LogP contribution is -2.32. The number of hydrogen-bond donors (Lipinski definition) is 1. The van der Waals surface area contributed by atoms with Gasteiger partial charge < -0.3 is 5.32 Å². The van der Waals surface area contributed by atoms with Crippen LogP contribution in [-0.4, -0.2) is 15.8 Å².